The van der Waals surface area contributed by atoms with Gasteiger partial charge in [0, 0.05) is 35.1 Å². The third-order valence-corrected chi connectivity index (χ3v) is 4.85. The van der Waals surface area contributed by atoms with Gasteiger partial charge in [-0.05, 0) is 44.5 Å². The van der Waals surface area contributed by atoms with Gasteiger partial charge in [0.15, 0.2) is 0 Å². The van der Waals surface area contributed by atoms with Crippen molar-refractivity contribution in [1.82, 2.24) is 15.3 Å². The molecule has 2 aromatic heterocycles. The molecule has 1 aliphatic heterocycles. The van der Waals surface area contributed by atoms with Crippen LogP contribution in [0.3, 0.4) is 0 Å². The molecule has 0 fully saturated rings. The summed E-state index contributed by atoms with van der Waals surface area (Å²) >= 11 is 0. The number of para-hydroxylation sites is 1. The van der Waals surface area contributed by atoms with Gasteiger partial charge >= 0.3 is 0 Å². The molecule has 6 nitrogen and oxygen atoms in total. The molecular weight excluding hydrogens is 338 g/mol. The maximum absolute atomic E-state index is 12.9. The minimum Gasteiger partial charge on any atom is -0.384 e. The molecule has 5 N–H and O–H groups in total. The lowest BCUT2D eigenvalue weighted by Gasteiger charge is -2.30. The van der Waals surface area contributed by atoms with E-state index in [0.29, 0.717) is 11.4 Å². The van der Waals surface area contributed by atoms with Gasteiger partial charge in [0.2, 0.25) is 0 Å². The summed E-state index contributed by atoms with van der Waals surface area (Å²) in [7, 11) is 0. The van der Waals surface area contributed by atoms with Gasteiger partial charge in [-0.1, -0.05) is 18.2 Å². The van der Waals surface area contributed by atoms with Gasteiger partial charge in [-0.25, -0.2) is 4.98 Å². The van der Waals surface area contributed by atoms with E-state index in [2.05, 4.69) is 20.6 Å². The summed E-state index contributed by atoms with van der Waals surface area (Å²) < 4.78 is 0. The Hall–Kier alpha value is -3.28. The largest absolute Gasteiger partial charge is 0.384 e. The fourth-order valence-electron chi connectivity index (χ4n) is 3.58. The van der Waals surface area contributed by atoms with E-state index in [-0.39, 0.29) is 11.4 Å². The number of nitrogen functional groups attached to an aromatic ring is 1. The normalized spacial score (nSPS) is 15.1. The van der Waals surface area contributed by atoms with E-state index < -0.39 is 0 Å². The number of carbonyl (C=O) groups excluding carboxylic acids is 1. The quantitative estimate of drug-likeness (QED) is 0.571. The minimum absolute atomic E-state index is 0.0816. The third kappa shape index (κ3) is 3.14. The van der Waals surface area contributed by atoms with Crippen molar-refractivity contribution in [2.45, 2.75) is 32.7 Å². The third-order valence-electron chi connectivity index (χ3n) is 4.85. The molecule has 0 saturated heterocycles. The molecule has 0 bridgehead atoms. The number of pyridine rings is 1. The Bertz CT molecular complexity index is 1030. The number of hydrogen-bond donors (Lipinski definition) is 4. The number of anilines is 3. The van der Waals surface area contributed by atoms with Crippen molar-refractivity contribution in [2.75, 3.05) is 11.1 Å². The fourth-order valence-corrected chi connectivity index (χ4v) is 3.58. The molecule has 6 heteroatoms. The van der Waals surface area contributed by atoms with Crippen LogP contribution in [0.2, 0.25) is 0 Å². The van der Waals surface area contributed by atoms with E-state index in [4.69, 9.17) is 5.73 Å². The summed E-state index contributed by atoms with van der Waals surface area (Å²) in [5.41, 5.74) is 11.7. The monoisotopic (exact) mass is 361 g/mol. The maximum atomic E-state index is 12.9. The number of fused-ring (bicyclic) bond motifs is 1. The van der Waals surface area contributed by atoms with Crippen LogP contribution in [0.15, 0.2) is 42.6 Å². The van der Waals surface area contributed by atoms with Gasteiger partial charge in [-0.2, -0.15) is 0 Å². The summed E-state index contributed by atoms with van der Waals surface area (Å²) in [5, 5.41) is 6.56. The number of nitrogens with two attached hydrogens (primary N) is 1. The zero-order valence-corrected chi connectivity index (χ0v) is 15.7. The molecule has 3 aromatic rings. The number of hydrogen-bond acceptors (Lipinski definition) is 4. The van der Waals surface area contributed by atoms with Crippen molar-refractivity contribution in [3.63, 3.8) is 0 Å². The van der Waals surface area contributed by atoms with Crippen LogP contribution >= 0.6 is 0 Å². The minimum atomic E-state index is -0.302. The van der Waals surface area contributed by atoms with Gasteiger partial charge in [-0.3, -0.25) is 4.79 Å². The molecule has 4 rings (SSSR count). The zero-order chi connectivity index (χ0) is 19.2. The molecule has 0 unspecified atom stereocenters. The van der Waals surface area contributed by atoms with Crippen LogP contribution in [0.25, 0.3) is 11.3 Å². The van der Waals surface area contributed by atoms with Crippen LogP contribution in [0.1, 0.15) is 35.5 Å². The Morgan fingerprint density at radius 3 is 2.74 bits per heavy atom. The molecule has 27 heavy (non-hydrogen) atoms. The van der Waals surface area contributed by atoms with Crippen LogP contribution in [0, 0.1) is 6.92 Å². The summed E-state index contributed by atoms with van der Waals surface area (Å²) in [6.45, 7) is 6.08. The lowest BCUT2D eigenvalue weighted by atomic mass is 9.91. The number of carbonyl (C=O) groups is 1. The van der Waals surface area contributed by atoms with Gasteiger partial charge in [0.1, 0.15) is 5.82 Å². The molecule has 0 aliphatic carbocycles. The molecule has 1 aromatic carbocycles. The van der Waals surface area contributed by atoms with E-state index >= 15 is 0 Å². The predicted molar refractivity (Wildman–Crippen MR) is 108 cm³/mol. The van der Waals surface area contributed by atoms with Gasteiger partial charge in [0.05, 0.1) is 16.9 Å². The van der Waals surface area contributed by atoms with Gasteiger partial charge < -0.3 is 21.4 Å². The highest BCUT2D eigenvalue weighted by Crippen LogP contribution is 2.39. The van der Waals surface area contributed by atoms with E-state index in [9.17, 15) is 4.79 Å². The molecule has 1 amide bonds. The second kappa shape index (κ2) is 6.16. The lowest BCUT2D eigenvalue weighted by molar-refractivity contribution is 0.0897. The molecular formula is C21H23N5O. The van der Waals surface area contributed by atoms with Crippen LogP contribution in [0.5, 0.6) is 0 Å². The van der Waals surface area contributed by atoms with Crippen molar-refractivity contribution in [3.8, 4) is 11.3 Å². The zero-order valence-electron chi connectivity index (χ0n) is 15.7. The number of aromatic nitrogens is 2. The highest BCUT2D eigenvalue weighted by atomic mass is 16.2. The highest BCUT2D eigenvalue weighted by Gasteiger charge is 2.35. The summed E-state index contributed by atoms with van der Waals surface area (Å²) in [6, 6.07) is 11.7. The number of rotatable bonds is 3. The second-order valence-electron chi connectivity index (χ2n) is 7.65. The topological polar surface area (TPSA) is 95.8 Å². The van der Waals surface area contributed by atoms with Crippen molar-refractivity contribution in [2.24, 2.45) is 0 Å². The van der Waals surface area contributed by atoms with E-state index in [1.54, 1.807) is 6.20 Å². The fraction of sp³-hybridized carbons (Fsp3) is 0.238. The summed E-state index contributed by atoms with van der Waals surface area (Å²) in [4.78, 5) is 20.4. The highest BCUT2D eigenvalue weighted by molar-refractivity contribution is 6.06. The smallest absolute Gasteiger partial charge is 0.255 e. The first-order valence-electron chi connectivity index (χ1n) is 8.96. The lowest BCUT2D eigenvalue weighted by Crippen LogP contribution is -2.49. The molecule has 1 aliphatic rings. The Kier molecular flexibility index (Phi) is 3.91. The number of aromatic amines is 1. The Morgan fingerprint density at radius 1 is 1.22 bits per heavy atom. The average molecular weight is 361 g/mol. The molecule has 3 heterocycles. The number of benzene rings is 1. The van der Waals surface area contributed by atoms with E-state index in [1.165, 1.54) is 0 Å². The number of nitrogens with one attached hydrogen (secondary N) is 3. The van der Waals surface area contributed by atoms with Crippen molar-refractivity contribution < 1.29 is 4.79 Å². The molecule has 0 saturated carbocycles. The Morgan fingerprint density at radius 2 is 2.00 bits per heavy atom. The van der Waals surface area contributed by atoms with E-state index in [1.807, 2.05) is 57.2 Å². The van der Waals surface area contributed by atoms with Gasteiger partial charge in [-0.15, -0.1) is 0 Å². The number of amides is 1. The van der Waals surface area contributed by atoms with E-state index in [0.717, 1.165) is 40.3 Å². The van der Waals surface area contributed by atoms with Crippen molar-refractivity contribution in [1.29, 1.82) is 0 Å². The molecule has 138 valence electrons. The molecule has 0 radical (unpaired) electrons. The standard InChI is InChI=1S/C21H23N5O/c1-12-6-4-5-7-14(12)24-19-17-15(11-21(2,3)26-20(17)27)25-18(19)13-8-9-23-16(22)10-13/h4-10,24-25H,11H2,1-3H3,(H2,22,23)(H,26,27). The van der Waals surface area contributed by atoms with Gasteiger partial charge in [0.25, 0.3) is 5.91 Å². The van der Waals surface area contributed by atoms with Crippen LogP contribution in [-0.2, 0) is 6.42 Å². The average Bonchev–Trinajstić information content (AvgIpc) is 2.94. The maximum Gasteiger partial charge on any atom is 0.255 e. The van der Waals surface area contributed by atoms with Crippen molar-refractivity contribution >= 4 is 23.1 Å². The number of nitrogens with zero attached hydrogens (tertiary/aromatic N) is 1. The van der Waals surface area contributed by atoms with Crippen LogP contribution in [-0.4, -0.2) is 21.4 Å². The van der Waals surface area contributed by atoms with Crippen molar-refractivity contribution in [3.05, 3.63) is 59.4 Å². The first kappa shape index (κ1) is 17.1. The first-order chi connectivity index (χ1) is 12.8. The molecule has 0 atom stereocenters. The summed E-state index contributed by atoms with van der Waals surface area (Å²) in [6.07, 6.45) is 2.39. The molecule has 0 spiro atoms. The first-order valence-corrected chi connectivity index (χ1v) is 8.96. The Balaban J connectivity index is 1.91. The Labute approximate surface area is 158 Å². The summed E-state index contributed by atoms with van der Waals surface area (Å²) in [5.74, 6) is 0.355. The second-order valence-corrected chi connectivity index (χ2v) is 7.65. The van der Waals surface area contributed by atoms with Crippen LogP contribution in [0.4, 0.5) is 17.2 Å². The number of aryl methyl sites for hydroxylation is 1. The SMILES string of the molecule is Cc1ccccc1Nc1c(-c2ccnc(N)c2)[nH]c2c1C(=O)NC(C)(C)C2. The predicted octanol–water partition coefficient (Wildman–Crippen LogP) is 3.78. The number of H-pyrrole nitrogens is 1. The van der Waals surface area contributed by atoms with Crippen LogP contribution < -0.4 is 16.4 Å².